The molecule has 2 heterocycles. The molecule has 3 rings (SSSR count). The first kappa shape index (κ1) is 16.5. The van der Waals surface area contributed by atoms with Gasteiger partial charge in [-0.2, -0.15) is 4.31 Å². The van der Waals surface area contributed by atoms with Crippen molar-refractivity contribution in [3.63, 3.8) is 0 Å². The van der Waals surface area contributed by atoms with Crippen molar-refractivity contribution in [2.45, 2.75) is 31.2 Å². The number of hydrogen-bond acceptors (Lipinski definition) is 5. The van der Waals surface area contributed by atoms with Crippen LogP contribution in [0.25, 0.3) is 0 Å². The SMILES string of the molecule is Cc1ccc(S(=O)(=O)N2CCC(N3C(=O)CSC3=O)C2)c(C)c1. The lowest BCUT2D eigenvalue weighted by atomic mass is 10.2. The van der Waals surface area contributed by atoms with Crippen molar-refractivity contribution in [3.05, 3.63) is 29.3 Å². The van der Waals surface area contributed by atoms with Crippen molar-refractivity contribution in [2.75, 3.05) is 18.8 Å². The molecule has 124 valence electrons. The summed E-state index contributed by atoms with van der Waals surface area (Å²) in [6.45, 7) is 4.19. The van der Waals surface area contributed by atoms with Crippen LogP contribution in [0.3, 0.4) is 0 Å². The molecule has 1 aromatic carbocycles. The zero-order valence-electron chi connectivity index (χ0n) is 13.0. The number of carbonyl (C=O) groups excluding carboxylic acids is 2. The minimum Gasteiger partial charge on any atom is -0.273 e. The van der Waals surface area contributed by atoms with Gasteiger partial charge in [0.05, 0.1) is 16.7 Å². The van der Waals surface area contributed by atoms with E-state index in [0.29, 0.717) is 18.5 Å². The molecule has 6 nitrogen and oxygen atoms in total. The summed E-state index contributed by atoms with van der Waals surface area (Å²) in [7, 11) is -3.61. The summed E-state index contributed by atoms with van der Waals surface area (Å²) in [4.78, 5) is 25.1. The first-order chi connectivity index (χ1) is 10.8. The number of carbonyl (C=O) groups is 2. The van der Waals surface area contributed by atoms with Crippen LogP contribution in [0.4, 0.5) is 4.79 Å². The minimum absolute atomic E-state index is 0.152. The van der Waals surface area contributed by atoms with Gasteiger partial charge in [0.15, 0.2) is 0 Å². The number of rotatable bonds is 3. The summed E-state index contributed by atoms with van der Waals surface area (Å²) >= 11 is 0.979. The number of sulfonamides is 1. The number of benzene rings is 1. The normalized spacial score (nSPS) is 23.0. The van der Waals surface area contributed by atoms with Crippen molar-refractivity contribution < 1.29 is 18.0 Å². The van der Waals surface area contributed by atoms with Crippen LogP contribution in [-0.4, -0.2) is 53.7 Å². The van der Waals surface area contributed by atoms with E-state index in [9.17, 15) is 18.0 Å². The summed E-state index contributed by atoms with van der Waals surface area (Å²) < 4.78 is 27.0. The highest BCUT2D eigenvalue weighted by molar-refractivity contribution is 8.14. The van der Waals surface area contributed by atoms with Gasteiger partial charge in [-0.25, -0.2) is 8.42 Å². The monoisotopic (exact) mass is 354 g/mol. The van der Waals surface area contributed by atoms with Gasteiger partial charge in [-0.1, -0.05) is 29.5 Å². The van der Waals surface area contributed by atoms with Crippen molar-refractivity contribution >= 4 is 32.9 Å². The Hall–Kier alpha value is -1.38. The van der Waals surface area contributed by atoms with Crippen LogP contribution < -0.4 is 0 Å². The van der Waals surface area contributed by atoms with E-state index in [1.807, 2.05) is 13.0 Å². The average Bonchev–Trinajstić information content (AvgIpc) is 3.06. The standard InChI is InChI=1S/C15H18N2O4S2/c1-10-3-4-13(11(2)7-10)23(20,21)16-6-5-12(8-16)17-14(18)9-22-15(17)19/h3-4,7,12H,5-6,8-9H2,1-2H3. The Balaban J connectivity index is 1.83. The molecule has 23 heavy (non-hydrogen) atoms. The third kappa shape index (κ3) is 2.90. The van der Waals surface area contributed by atoms with Gasteiger partial charge in [-0.3, -0.25) is 14.5 Å². The van der Waals surface area contributed by atoms with Crippen LogP contribution in [0.5, 0.6) is 0 Å². The fourth-order valence-electron chi connectivity index (χ4n) is 3.08. The fourth-order valence-corrected chi connectivity index (χ4v) is 5.56. The van der Waals surface area contributed by atoms with Crippen LogP contribution in [0.15, 0.2) is 23.1 Å². The van der Waals surface area contributed by atoms with E-state index in [2.05, 4.69) is 0 Å². The maximum Gasteiger partial charge on any atom is 0.289 e. The Morgan fingerprint density at radius 1 is 1.22 bits per heavy atom. The zero-order valence-corrected chi connectivity index (χ0v) is 14.6. The lowest BCUT2D eigenvalue weighted by molar-refractivity contribution is -0.126. The van der Waals surface area contributed by atoms with E-state index < -0.39 is 10.0 Å². The summed E-state index contributed by atoms with van der Waals surface area (Å²) in [6.07, 6.45) is 0.488. The molecule has 8 heteroatoms. The fraction of sp³-hybridized carbons (Fsp3) is 0.467. The lowest BCUT2D eigenvalue weighted by Crippen LogP contribution is -2.41. The molecule has 2 saturated heterocycles. The number of nitrogens with zero attached hydrogens (tertiary/aromatic N) is 2. The Morgan fingerprint density at radius 3 is 2.57 bits per heavy atom. The molecule has 1 atom stereocenters. The van der Waals surface area contributed by atoms with Crippen LogP contribution in [0, 0.1) is 13.8 Å². The third-order valence-corrected chi connectivity index (χ3v) is 7.08. The molecule has 0 radical (unpaired) electrons. The van der Waals surface area contributed by atoms with Gasteiger partial charge < -0.3 is 0 Å². The zero-order chi connectivity index (χ0) is 16.8. The van der Waals surface area contributed by atoms with E-state index in [1.165, 1.54) is 9.21 Å². The Morgan fingerprint density at radius 2 is 1.96 bits per heavy atom. The molecule has 2 amide bonds. The van der Waals surface area contributed by atoms with E-state index >= 15 is 0 Å². The molecule has 0 spiro atoms. The quantitative estimate of drug-likeness (QED) is 0.827. The molecule has 0 bridgehead atoms. The summed E-state index contributed by atoms with van der Waals surface area (Å²) in [5.41, 5.74) is 1.71. The van der Waals surface area contributed by atoms with Gasteiger partial charge in [0.25, 0.3) is 5.24 Å². The summed E-state index contributed by atoms with van der Waals surface area (Å²) in [5.74, 6) is -0.0742. The molecule has 2 aliphatic rings. The topological polar surface area (TPSA) is 74.8 Å². The smallest absolute Gasteiger partial charge is 0.273 e. The predicted molar refractivity (Wildman–Crippen MR) is 87.8 cm³/mol. The number of aryl methyl sites for hydroxylation is 2. The van der Waals surface area contributed by atoms with Gasteiger partial charge in [-0.15, -0.1) is 0 Å². The van der Waals surface area contributed by atoms with Gasteiger partial charge in [-0.05, 0) is 31.9 Å². The van der Waals surface area contributed by atoms with E-state index in [1.54, 1.807) is 19.1 Å². The molecule has 1 aromatic rings. The molecule has 0 aromatic heterocycles. The highest BCUT2D eigenvalue weighted by Gasteiger charge is 2.42. The summed E-state index contributed by atoms with van der Waals surface area (Å²) in [6, 6.07) is 4.88. The molecule has 0 N–H and O–H groups in total. The van der Waals surface area contributed by atoms with Crippen LogP contribution in [0.2, 0.25) is 0 Å². The maximum atomic E-state index is 12.8. The lowest BCUT2D eigenvalue weighted by Gasteiger charge is -2.22. The molecular weight excluding hydrogens is 336 g/mol. The van der Waals surface area contributed by atoms with Crippen molar-refractivity contribution in [1.29, 1.82) is 0 Å². The minimum atomic E-state index is -3.61. The molecular formula is C15H18N2O4S2. The number of amides is 2. The molecule has 2 fully saturated rings. The number of hydrogen-bond donors (Lipinski definition) is 0. The largest absolute Gasteiger partial charge is 0.289 e. The van der Waals surface area contributed by atoms with Crippen molar-refractivity contribution in [1.82, 2.24) is 9.21 Å². The predicted octanol–water partition coefficient (Wildman–Crippen LogP) is 1.76. The van der Waals surface area contributed by atoms with Crippen LogP contribution in [-0.2, 0) is 14.8 Å². The molecule has 2 aliphatic heterocycles. The van der Waals surface area contributed by atoms with Gasteiger partial charge >= 0.3 is 0 Å². The third-order valence-electron chi connectivity index (χ3n) is 4.22. The second-order valence-corrected chi connectivity index (χ2v) is 8.73. The van der Waals surface area contributed by atoms with Gasteiger partial charge in [0.1, 0.15) is 0 Å². The first-order valence-electron chi connectivity index (χ1n) is 7.37. The second kappa shape index (κ2) is 5.92. The Labute approximate surface area is 139 Å². The van der Waals surface area contributed by atoms with E-state index in [4.69, 9.17) is 0 Å². The number of thioether (sulfide) groups is 1. The molecule has 1 unspecified atom stereocenters. The van der Waals surface area contributed by atoms with Gasteiger partial charge in [0.2, 0.25) is 15.9 Å². The average molecular weight is 354 g/mol. The summed E-state index contributed by atoms with van der Waals surface area (Å²) in [5, 5.41) is -0.272. The molecule has 0 saturated carbocycles. The first-order valence-corrected chi connectivity index (χ1v) is 9.79. The second-order valence-electron chi connectivity index (χ2n) is 5.89. The van der Waals surface area contributed by atoms with Crippen molar-refractivity contribution in [2.24, 2.45) is 0 Å². The highest BCUT2D eigenvalue weighted by Crippen LogP contribution is 2.30. The Kier molecular flexibility index (Phi) is 4.24. The van der Waals surface area contributed by atoms with E-state index in [-0.39, 0.29) is 34.4 Å². The van der Waals surface area contributed by atoms with Crippen LogP contribution >= 0.6 is 11.8 Å². The van der Waals surface area contributed by atoms with Crippen LogP contribution in [0.1, 0.15) is 17.5 Å². The van der Waals surface area contributed by atoms with Gasteiger partial charge in [0, 0.05) is 13.1 Å². The molecule has 0 aliphatic carbocycles. The highest BCUT2D eigenvalue weighted by atomic mass is 32.2. The Bertz CT molecular complexity index is 760. The maximum absolute atomic E-state index is 12.8. The van der Waals surface area contributed by atoms with E-state index in [0.717, 1.165) is 17.3 Å². The van der Waals surface area contributed by atoms with Crippen molar-refractivity contribution in [3.8, 4) is 0 Å². The number of imide groups is 1.